The summed E-state index contributed by atoms with van der Waals surface area (Å²) in [5, 5.41) is 0. The molecule has 2 N–H and O–H groups in total. The lowest BCUT2D eigenvalue weighted by Gasteiger charge is -2.28. The van der Waals surface area contributed by atoms with Gasteiger partial charge in [0.1, 0.15) is 6.04 Å². The van der Waals surface area contributed by atoms with Crippen molar-refractivity contribution in [2.75, 3.05) is 7.11 Å². The molecule has 0 bridgehead atoms. The summed E-state index contributed by atoms with van der Waals surface area (Å²) in [5.74, 6) is -0.435. The van der Waals surface area contributed by atoms with Crippen molar-refractivity contribution >= 4 is 21.9 Å². The Labute approximate surface area is 103 Å². The van der Waals surface area contributed by atoms with E-state index >= 15 is 0 Å². The third-order valence-corrected chi connectivity index (χ3v) is 3.09. The fourth-order valence-electron chi connectivity index (χ4n) is 1.34. The lowest BCUT2D eigenvalue weighted by atomic mass is 9.81. The molecule has 0 saturated carbocycles. The topological polar surface area (TPSA) is 65.2 Å². The summed E-state index contributed by atoms with van der Waals surface area (Å²) in [6, 6.07) is 2.98. The van der Waals surface area contributed by atoms with Gasteiger partial charge < -0.3 is 10.5 Å². The molecule has 0 radical (unpaired) electrons. The lowest BCUT2D eigenvalue weighted by molar-refractivity contribution is -0.143. The van der Waals surface area contributed by atoms with Crippen LogP contribution in [-0.4, -0.2) is 24.1 Å². The van der Waals surface area contributed by atoms with Crippen LogP contribution >= 0.6 is 15.9 Å². The van der Waals surface area contributed by atoms with Gasteiger partial charge in [-0.15, -0.1) is 0 Å². The minimum atomic E-state index is -0.730. The summed E-state index contributed by atoms with van der Waals surface area (Å²) in [5.41, 5.74) is 6.05. The van der Waals surface area contributed by atoms with E-state index in [2.05, 4.69) is 25.7 Å². The number of ether oxygens (including phenoxy) is 1. The van der Waals surface area contributed by atoms with Crippen LogP contribution < -0.4 is 5.73 Å². The van der Waals surface area contributed by atoms with Gasteiger partial charge in [0, 0.05) is 21.8 Å². The van der Waals surface area contributed by atoms with Crippen LogP contribution in [0.25, 0.3) is 0 Å². The molecule has 0 amide bonds. The number of halogens is 1. The highest BCUT2D eigenvalue weighted by atomic mass is 79.9. The van der Waals surface area contributed by atoms with Gasteiger partial charge in [0.2, 0.25) is 0 Å². The van der Waals surface area contributed by atoms with Gasteiger partial charge in [0.05, 0.1) is 7.11 Å². The molecule has 4 nitrogen and oxygen atoms in total. The maximum atomic E-state index is 11.4. The van der Waals surface area contributed by atoms with E-state index in [4.69, 9.17) is 5.73 Å². The highest BCUT2D eigenvalue weighted by Gasteiger charge is 2.35. The van der Waals surface area contributed by atoms with E-state index in [9.17, 15) is 4.79 Å². The number of nitrogens with zero attached hydrogens (tertiary/aromatic N) is 1. The third-order valence-electron chi connectivity index (χ3n) is 2.62. The summed E-state index contributed by atoms with van der Waals surface area (Å²) in [6.45, 7) is 3.73. The second-order valence-electron chi connectivity index (χ2n) is 4.08. The number of carbonyl (C=O) groups is 1. The summed E-state index contributed by atoms with van der Waals surface area (Å²) >= 11 is 3.31. The van der Waals surface area contributed by atoms with Crippen molar-refractivity contribution in [1.82, 2.24) is 4.98 Å². The van der Waals surface area contributed by atoms with Gasteiger partial charge in [-0.2, -0.15) is 0 Å². The zero-order valence-corrected chi connectivity index (χ0v) is 11.1. The second-order valence-corrected chi connectivity index (χ2v) is 5.00. The minimum absolute atomic E-state index is 0.435. The maximum Gasteiger partial charge on any atom is 0.323 e. The van der Waals surface area contributed by atoms with Crippen molar-refractivity contribution in [3.05, 3.63) is 28.5 Å². The minimum Gasteiger partial charge on any atom is -0.468 e. The van der Waals surface area contributed by atoms with Gasteiger partial charge in [0.15, 0.2) is 0 Å². The predicted octanol–water partition coefficient (Wildman–Crippen LogP) is 1.62. The Bertz CT molecular complexity index is 376. The monoisotopic (exact) mass is 286 g/mol. The number of nitrogens with two attached hydrogens (primary N) is 1. The molecule has 0 saturated heterocycles. The van der Waals surface area contributed by atoms with Crippen molar-refractivity contribution in [2.45, 2.75) is 25.3 Å². The van der Waals surface area contributed by atoms with E-state index in [0.29, 0.717) is 0 Å². The van der Waals surface area contributed by atoms with Crippen molar-refractivity contribution in [3.63, 3.8) is 0 Å². The van der Waals surface area contributed by atoms with Crippen molar-refractivity contribution in [1.29, 1.82) is 0 Å². The highest BCUT2D eigenvalue weighted by Crippen LogP contribution is 2.25. The number of esters is 1. The molecule has 1 aromatic heterocycles. The zero-order valence-electron chi connectivity index (χ0n) is 9.53. The van der Waals surface area contributed by atoms with Crippen LogP contribution in [-0.2, 0) is 14.9 Å². The lowest BCUT2D eigenvalue weighted by Crippen LogP contribution is -2.47. The molecule has 88 valence electrons. The first-order valence-electron chi connectivity index (χ1n) is 4.85. The first kappa shape index (κ1) is 13.1. The van der Waals surface area contributed by atoms with E-state index in [1.165, 1.54) is 7.11 Å². The van der Waals surface area contributed by atoms with Gasteiger partial charge in [-0.25, -0.2) is 0 Å². The Morgan fingerprint density at radius 2 is 2.19 bits per heavy atom. The van der Waals surface area contributed by atoms with Crippen molar-refractivity contribution in [2.24, 2.45) is 5.73 Å². The molecule has 0 aliphatic heterocycles. The number of carbonyl (C=O) groups excluding carboxylic acids is 1. The van der Waals surface area contributed by atoms with E-state index in [1.807, 2.05) is 26.0 Å². The largest absolute Gasteiger partial charge is 0.468 e. The van der Waals surface area contributed by atoms with Gasteiger partial charge in [-0.05, 0) is 28.1 Å². The van der Waals surface area contributed by atoms with Gasteiger partial charge in [-0.1, -0.05) is 13.8 Å². The number of hydrogen-bond donors (Lipinski definition) is 1. The standard InChI is InChI=1S/C11H15BrN2O2/c1-11(2,9(13)10(15)16-3)8-5-4-7(12)6-14-8/h4-6,9H,13H2,1-3H3. The Morgan fingerprint density at radius 1 is 1.56 bits per heavy atom. The normalized spacial score (nSPS) is 13.3. The van der Waals surface area contributed by atoms with Crippen LogP contribution in [0, 0.1) is 0 Å². The van der Waals surface area contributed by atoms with E-state index in [1.54, 1.807) is 6.20 Å². The maximum absolute atomic E-state index is 11.4. The average molecular weight is 287 g/mol. The quantitative estimate of drug-likeness (QED) is 0.858. The second kappa shape index (κ2) is 4.93. The smallest absolute Gasteiger partial charge is 0.323 e. The summed E-state index contributed by atoms with van der Waals surface area (Å²) in [4.78, 5) is 15.7. The van der Waals surface area contributed by atoms with Crippen LogP contribution in [0.2, 0.25) is 0 Å². The Morgan fingerprint density at radius 3 is 2.62 bits per heavy atom. The molecular weight excluding hydrogens is 272 g/mol. The van der Waals surface area contributed by atoms with Crippen LogP contribution in [0.4, 0.5) is 0 Å². The molecular formula is C11H15BrN2O2. The highest BCUT2D eigenvalue weighted by molar-refractivity contribution is 9.10. The first-order chi connectivity index (χ1) is 7.39. The van der Waals surface area contributed by atoms with Crippen LogP contribution in [0.15, 0.2) is 22.8 Å². The Balaban J connectivity index is 3.01. The van der Waals surface area contributed by atoms with E-state index in [-0.39, 0.29) is 0 Å². The molecule has 1 unspecified atom stereocenters. The average Bonchev–Trinajstić information content (AvgIpc) is 2.27. The molecule has 0 fully saturated rings. The molecule has 0 aliphatic carbocycles. The van der Waals surface area contributed by atoms with E-state index < -0.39 is 17.4 Å². The fraction of sp³-hybridized carbons (Fsp3) is 0.455. The summed E-state index contributed by atoms with van der Waals surface area (Å²) in [7, 11) is 1.33. The van der Waals surface area contributed by atoms with Gasteiger partial charge >= 0.3 is 5.97 Å². The number of pyridine rings is 1. The number of rotatable bonds is 3. The van der Waals surface area contributed by atoms with Crippen molar-refractivity contribution < 1.29 is 9.53 Å². The molecule has 1 atom stereocenters. The predicted molar refractivity (Wildman–Crippen MR) is 65.0 cm³/mol. The van der Waals surface area contributed by atoms with Gasteiger partial charge in [0.25, 0.3) is 0 Å². The zero-order chi connectivity index (χ0) is 12.3. The number of methoxy groups -OCH3 is 1. The molecule has 1 rings (SSSR count). The first-order valence-corrected chi connectivity index (χ1v) is 5.64. The SMILES string of the molecule is COC(=O)C(N)C(C)(C)c1ccc(Br)cn1. The number of aromatic nitrogens is 1. The molecule has 0 aromatic carbocycles. The molecule has 5 heteroatoms. The Hall–Kier alpha value is -0.940. The molecule has 1 heterocycles. The molecule has 16 heavy (non-hydrogen) atoms. The summed E-state index contributed by atoms with van der Waals surface area (Å²) in [6.07, 6.45) is 1.68. The molecule has 0 spiro atoms. The molecule has 0 aliphatic rings. The van der Waals surface area contributed by atoms with Crippen LogP contribution in [0.3, 0.4) is 0 Å². The van der Waals surface area contributed by atoms with Crippen molar-refractivity contribution in [3.8, 4) is 0 Å². The number of hydrogen-bond acceptors (Lipinski definition) is 4. The van der Waals surface area contributed by atoms with Gasteiger partial charge in [-0.3, -0.25) is 9.78 Å². The molecule has 1 aromatic rings. The Kier molecular flexibility index (Phi) is 4.04. The third kappa shape index (κ3) is 2.59. The summed E-state index contributed by atoms with van der Waals surface area (Å²) < 4.78 is 5.53. The fourth-order valence-corrected chi connectivity index (χ4v) is 1.57. The van der Waals surface area contributed by atoms with E-state index in [0.717, 1.165) is 10.2 Å². The van der Waals surface area contributed by atoms with Crippen LogP contribution in [0.5, 0.6) is 0 Å². The van der Waals surface area contributed by atoms with Crippen LogP contribution in [0.1, 0.15) is 19.5 Å².